The number of ketones is 1. The highest BCUT2D eigenvalue weighted by molar-refractivity contribution is 6.31. The van der Waals surface area contributed by atoms with E-state index in [2.05, 4.69) is 5.32 Å². The highest BCUT2D eigenvalue weighted by atomic mass is 35.5. The highest BCUT2D eigenvalue weighted by Gasteiger charge is 2.30. The first-order valence-corrected chi connectivity index (χ1v) is 6.31. The molecule has 0 fully saturated rings. The number of hydrogen-bond donors (Lipinski definition) is 1. The van der Waals surface area contributed by atoms with Crippen LogP contribution in [0.1, 0.15) is 17.3 Å². The number of benzene rings is 1. The molecular formula is C14H15ClN2O2. The van der Waals surface area contributed by atoms with Gasteiger partial charge in [0.2, 0.25) is 5.91 Å². The Morgan fingerprint density at radius 2 is 2.00 bits per heavy atom. The number of carbonyl (C=O) groups excluding carboxylic acids is 2. The van der Waals surface area contributed by atoms with Crippen LogP contribution in [-0.4, -0.2) is 30.7 Å². The zero-order valence-electron chi connectivity index (χ0n) is 11.0. The van der Waals surface area contributed by atoms with Crippen LogP contribution in [0.4, 0.5) is 5.69 Å². The first kappa shape index (κ1) is 13.6. The van der Waals surface area contributed by atoms with E-state index in [9.17, 15) is 9.59 Å². The van der Waals surface area contributed by atoms with Gasteiger partial charge >= 0.3 is 0 Å². The van der Waals surface area contributed by atoms with E-state index in [1.165, 1.54) is 0 Å². The van der Waals surface area contributed by atoms with Crippen LogP contribution in [0.25, 0.3) is 0 Å². The Labute approximate surface area is 117 Å². The Kier molecular flexibility index (Phi) is 3.62. The largest absolute Gasteiger partial charge is 0.383 e. The van der Waals surface area contributed by atoms with Gasteiger partial charge in [0, 0.05) is 36.5 Å². The van der Waals surface area contributed by atoms with E-state index in [0.717, 1.165) is 0 Å². The fourth-order valence-electron chi connectivity index (χ4n) is 2.00. The molecule has 0 saturated carbocycles. The van der Waals surface area contributed by atoms with Crippen molar-refractivity contribution in [3.8, 4) is 0 Å². The minimum atomic E-state index is -0.499. The molecule has 1 aliphatic rings. The lowest BCUT2D eigenvalue weighted by atomic mass is 9.94. The zero-order valence-corrected chi connectivity index (χ0v) is 11.8. The lowest BCUT2D eigenvalue weighted by Crippen LogP contribution is -2.22. The van der Waals surface area contributed by atoms with Crippen molar-refractivity contribution < 1.29 is 9.59 Å². The second-order valence-corrected chi connectivity index (χ2v) is 5.21. The summed E-state index contributed by atoms with van der Waals surface area (Å²) >= 11 is 5.90. The van der Waals surface area contributed by atoms with Gasteiger partial charge in [-0.1, -0.05) is 11.6 Å². The Hall–Kier alpha value is -1.81. The van der Waals surface area contributed by atoms with Gasteiger partial charge in [-0.2, -0.15) is 0 Å². The van der Waals surface area contributed by atoms with Crippen LogP contribution >= 0.6 is 11.6 Å². The average Bonchev–Trinajstić information content (AvgIpc) is 2.40. The smallest absolute Gasteiger partial charge is 0.231 e. The number of amides is 1. The maximum atomic E-state index is 12.5. The molecule has 0 aromatic heterocycles. The van der Waals surface area contributed by atoms with E-state index < -0.39 is 5.92 Å². The molecule has 0 radical (unpaired) electrons. The van der Waals surface area contributed by atoms with Gasteiger partial charge < -0.3 is 10.2 Å². The first-order chi connectivity index (χ1) is 8.90. The predicted molar refractivity (Wildman–Crippen MR) is 75.3 cm³/mol. The first-order valence-electron chi connectivity index (χ1n) is 5.93. The summed E-state index contributed by atoms with van der Waals surface area (Å²) in [6, 6.07) is 4.88. The van der Waals surface area contributed by atoms with Crippen LogP contribution in [0.2, 0.25) is 5.02 Å². The third-order valence-electron chi connectivity index (χ3n) is 3.00. The van der Waals surface area contributed by atoms with Crippen molar-refractivity contribution in [2.24, 2.45) is 5.92 Å². The number of rotatable bonds is 1. The molecule has 2 rings (SSSR count). The third kappa shape index (κ3) is 2.63. The van der Waals surface area contributed by atoms with Crippen molar-refractivity contribution >= 4 is 29.0 Å². The molecule has 100 valence electrons. The lowest BCUT2D eigenvalue weighted by Gasteiger charge is -2.13. The van der Waals surface area contributed by atoms with Crippen molar-refractivity contribution in [1.82, 2.24) is 4.90 Å². The maximum Gasteiger partial charge on any atom is 0.231 e. The van der Waals surface area contributed by atoms with Crippen LogP contribution in [0.5, 0.6) is 0 Å². The molecule has 1 aromatic rings. The van der Waals surface area contributed by atoms with Gasteiger partial charge in [-0.05, 0) is 25.1 Å². The number of hydrogen-bond acceptors (Lipinski definition) is 3. The molecule has 4 nitrogen and oxygen atoms in total. The normalized spacial score (nSPS) is 20.8. The SMILES string of the molecule is CC1C(=O)Nc2cc(Cl)ccc2C(=O)C1=CN(C)C. The highest BCUT2D eigenvalue weighted by Crippen LogP contribution is 2.30. The van der Waals surface area contributed by atoms with E-state index >= 15 is 0 Å². The Bertz CT molecular complexity index is 579. The van der Waals surface area contributed by atoms with Gasteiger partial charge in [-0.25, -0.2) is 0 Å². The summed E-state index contributed by atoms with van der Waals surface area (Å²) in [5.74, 6) is -0.852. The van der Waals surface area contributed by atoms with E-state index in [4.69, 9.17) is 11.6 Å². The van der Waals surface area contributed by atoms with E-state index in [1.54, 1.807) is 36.2 Å². The zero-order chi connectivity index (χ0) is 14.2. The van der Waals surface area contributed by atoms with Crippen LogP contribution in [-0.2, 0) is 4.79 Å². The second kappa shape index (κ2) is 5.05. The molecule has 5 heteroatoms. The van der Waals surface area contributed by atoms with Crippen LogP contribution in [0, 0.1) is 5.92 Å². The summed E-state index contributed by atoms with van der Waals surface area (Å²) in [6.45, 7) is 1.72. The topological polar surface area (TPSA) is 49.4 Å². The van der Waals surface area contributed by atoms with Gasteiger partial charge in [0.1, 0.15) is 0 Å². The number of halogens is 1. The summed E-state index contributed by atoms with van der Waals surface area (Å²) in [5, 5.41) is 3.23. The summed E-state index contributed by atoms with van der Waals surface area (Å²) in [5.41, 5.74) is 1.41. The summed E-state index contributed by atoms with van der Waals surface area (Å²) in [7, 11) is 3.64. The Morgan fingerprint density at radius 3 is 2.63 bits per heavy atom. The maximum absolute atomic E-state index is 12.5. The number of nitrogens with one attached hydrogen (secondary N) is 1. The third-order valence-corrected chi connectivity index (χ3v) is 3.24. The summed E-state index contributed by atoms with van der Waals surface area (Å²) < 4.78 is 0. The molecule has 1 aromatic carbocycles. The van der Waals surface area contributed by atoms with Crippen molar-refractivity contribution in [2.75, 3.05) is 19.4 Å². The molecule has 1 N–H and O–H groups in total. The number of fused-ring (bicyclic) bond motifs is 1. The Morgan fingerprint density at radius 1 is 1.32 bits per heavy atom. The van der Waals surface area contributed by atoms with Gasteiger partial charge in [0.15, 0.2) is 5.78 Å². The van der Waals surface area contributed by atoms with E-state index in [0.29, 0.717) is 21.8 Å². The van der Waals surface area contributed by atoms with Crippen LogP contribution in [0.3, 0.4) is 0 Å². The molecule has 1 amide bonds. The van der Waals surface area contributed by atoms with E-state index in [-0.39, 0.29) is 11.7 Å². The molecule has 0 spiro atoms. The van der Waals surface area contributed by atoms with Gasteiger partial charge in [0.05, 0.1) is 11.6 Å². The fraction of sp³-hybridized carbons (Fsp3) is 0.286. The molecule has 0 aliphatic carbocycles. The van der Waals surface area contributed by atoms with Crippen molar-refractivity contribution in [2.45, 2.75) is 6.92 Å². The van der Waals surface area contributed by atoms with Crippen LogP contribution in [0.15, 0.2) is 30.0 Å². The monoisotopic (exact) mass is 278 g/mol. The summed E-state index contributed by atoms with van der Waals surface area (Å²) in [6.07, 6.45) is 1.69. The second-order valence-electron chi connectivity index (χ2n) is 4.78. The number of carbonyl (C=O) groups is 2. The minimum absolute atomic E-state index is 0.147. The van der Waals surface area contributed by atoms with Crippen LogP contribution < -0.4 is 5.32 Å². The molecule has 1 aliphatic heterocycles. The van der Waals surface area contributed by atoms with Gasteiger partial charge in [0.25, 0.3) is 0 Å². The summed E-state index contributed by atoms with van der Waals surface area (Å²) in [4.78, 5) is 26.3. The van der Waals surface area contributed by atoms with Crippen molar-refractivity contribution in [3.05, 3.63) is 40.6 Å². The minimum Gasteiger partial charge on any atom is -0.383 e. The van der Waals surface area contributed by atoms with Crippen molar-refractivity contribution in [3.63, 3.8) is 0 Å². The lowest BCUT2D eigenvalue weighted by molar-refractivity contribution is -0.118. The average molecular weight is 279 g/mol. The molecule has 19 heavy (non-hydrogen) atoms. The molecule has 0 saturated heterocycles. The molecule has 1 atom stereocenters. The molecular weight excluding hydrogens is 264 g/mol. The van der Waals surface area contributed by atoms with Gasteiger partial charge in [-0.3, -0.25) is 9.59 Å². The molecule has 0 bridgehead atoms. The Balaban J connectivity index is 2.59. The number of Topliss-reactive ketones (excluding diaryl/α,β-unsaturated/α-hetero) is 1. The number of anilines is 1. The quantitative estimate of drug-likeness (QED) is 0.803. The molecule has 1 unspecified atom stereocenters. The fourth-order valence-corrected chi connectivity index (χ4v) is 2.17. The number of nitrogens with zero attached hydrogens (tertiary/aromatic N) is 1. The van der Waals surface area contributed by atoms with Gasteiger partial charge in [-0.15, -0.1) is 0 Å². The van der Waals surface area contributed by atoms with Crippen molar-refractivity contribution in [1.29, 1.82) is 0 Å². The predicted octanol–water partition coefficient (Wildman–Crippen LogP) is 2.56. The standard InChI is InChI=1S/C14H15ClN2O2/c1-8-11(7-17(2)3)13(18)10-5-4-9(15)6-12(10)16-14(8)19/h4-8H,1-3H3,(H,16,19). The molecule has 1 heterocycles. The van der Waals surface area contributed by atoms with E-state index in [1.807, 2.05) is 14.1 Å².